The van der Waals surface area contributed by atoms with E-state index in [2.05, 4.69) is 22.0 Å². The Labute approximate surface area is 126 Å². The molecule has 0 heterocycles. The van der Waals surface area contributed by atoms with Gasteiger partial charge in [0.25, 0.3) is 0 Å². The predicted octanol–water partition coefficient (Wildman–Crippen LogP) is 4.47. The molecule has 1 atom stereocenters. The van der Waals surface area contributed by atoms with Gasteiger partial charge in [-0.2, -0.15) is 0 Å². The zero-order valence-corrected chi connectivity index (χ0v) is 13.1. The summed E-state index contributed by atoms with van der Waals surface area (Å²) in [7, 11) is 1.60. The van der Waals surface area contributed by atoms with Crippen molar-refractivity contribution in [2.45, 2.75) is 13.0 Å². The third kappa shape index (κ3) is 3.11. The highest BCUT2D eigenvalue weighted by molar-refractivity contribution is 9.10. The summed E-state index contributed by atoms with van der Waals surface area (Å²) < 4.78 is 6.30. The van der Waals surface area contributed by atoms with Gasteiger partial charge in [0.1, 0.15) is 5.75 Å². The summed E-state index contributed by atoms with van der Waals surface area (Å²) in [4.78, 5) is 0. The number of aryl methyl sites for hydroxylation is 1. The fourth-order valence-electron chi connectivity index (χ4n) is 1.92. The van der Waals surface area contributed by atoms with E-state index >= 15 is 0 Å². The Kier molecular flexibility index (Phi) is 4.50. The average Bonchev–Trinajstić information content (AvgIpc) is 2.41. The molecule has 19 heavy (non-hydrogen) atoms. The van der Waals surface area contributed by atoms with Gasteiger partial charge in [0, 0.05) is 4.47 Å². The van der Waals surface area contributed by atoms with Crippen LogP contribution in [0.25, 0.3) is 0 Å². The summed E-state index contributed by atoms with van der Waals surface area (Å²) in [6, 6.07) is 11.5. The maximum absolute atomic E-state index is 6.29. The summed E-state index contributed by atoms with van der Waals surface area (Å²) in [6.45, 7) is 2.04. The second-order valence-corrected chi connectivity index (χ2v) is 5.64. The van der Waals surface area contributed by atoms with Crippen molar-refractivity contribution in [2.75, 3.05) is 7.11 Å². The van der Waals surface area contributed by atoms with Crippen LogP contribution in [-0.4, -0.2) is 7.11 Å². The first-order chi connectivity index (χ1) is 9.02. The summed E-state index contributed by atoms with van der Waals surface area (Å²) in [5, 5.41) is 0.588. The molecule has 2 rings (SSSR count). The molecule has 0 bridgehead atoms. The Bertz CT molecular complexity index is 601. The molecule has 2 N–H and O–H groups in total. The zero-order chi connectivity index (χ0) is 14.0. The van der Waals surface area contributed by atoms with Crippen molar-refractivity contribution in [3.63, 3.8) is 0 Å². The van der Waals surface area contributed by atoms with E-state index in [1.807, 2.05) is 31.2 Å². The molecule has 0 radical (unpaired) electrons. The normalized spacial score (nSPS) is 12.3. The fraction of sp³-hybridized carbons (Fsp3) is 0.200. The molecule has 0 aliphatic carbocycles. The van der Waals surface area contributed by atoms with Gasteiger partial charge in [-0.3, -0.25) is 0 Å². The van der Waals surface area contributed by atoms with Crippen LogP contribution in [0.4, 0.5) is 0 Å². The second-order valence-electron chi connectivity index (χ2n) is 4.38. The van der Waals surface area contributed by atoms with Crippen LogP contribution in [0.5, 0.6) is 5.75 Å². The van der Waals surface area contributed by atoms with Gasteiger partial charge in [-0.15, -0.1) is 0 Å². The number of ether oxygens (including phenoxy) is 1. The van der Waals surface area contributed by atoms with Crippen LogP contribution in [0.1, 0.15) is 22.7 Å². The monoisotopic (exact) mass is 339 g/mol. The van der Waals surface area contributed by atoms with Crippen molar-refractivity contribution in [1.29, 1.82) is 0 Å². The topological polar surface area (TPSA) is 35.2 Å². The fourth-order valence-corrected chi connectivity index (χ4v) is 2.36. The highest BCUT2D eigenvalue weighted by Gasteiger charge is 2.12. The van der Waals surface area contributed by atoms with E-state index in [1.165, 1.54) is 0 Å². The molecular formula is C15H15BrClNO. The van der Waals surface area contributed by atoms with Gasteiger partial charge in [-0.1, -0.05) is 45.7 Å². The van der Waals surface area contributed by atoms with Crippen LogP contribution in [0.2, 0.25) is 5.02 Å². The highest BCUT2D eigenvalue weighted by atomic mass is 79.9. The van der Waals surface area contributed by atoms with E-state index < -0.39 is 0 Å². The number of rotatable bonds is 3. The van der Waals surface area contributed by atoms with Crippen LogP contribution < -0.4 is 10.5 Å². The van der Waals surface area contributed by atoms with Crippen molar-refractivity contribution in [3.05, 3.63) is 62.6 Å². The average molecular weight is 341 g/mol. The minimum atomic E-state index is -0.196. The molecule has 0 spiro atoms. The van der Waals surface area contributed by atoms with Crippen LogP contribution >= 0.6 is 27.5 Å². The summed E-state index contributed by atoms with van der Waals surface area (Å²) in [6.07, 6.45) is 0. The molecule has 0 aromatic heterocycles. The molecule has 0 aliphatic rings. The number of halogens is 2. The van der Waals surface area contributed by atoms with Gasteiger partial charge in [0.15, 0.2) is 0 Å². The molecule has 2 aromatic rings. The predicted molar refractivity (Wildman–Crippen MR) is 82.9 cm³/mol. The van der Waals surface area contributed by atoms with E-state index in [9.17, 15) is 0 Å². The third-order valence-electron chi connectivity index (χ3n) is 3.08. The van der Waals surface area contributed by atoms with E-state index in [4.69, 9.17) is 22.1 Å². The molecular weight excluding hydrogens is 326 g/mol. The van der Waals surface area contributed by atoms with Gasteiger partial charge < -0.3 is 10.5 Å². The highest BCUT2D eigenvalue weighted by Crippen LogP contribution is 2.30. The lowest BCUT2D eigenvalue weighted by Crippen LogP contribution is -2.12. The zero-order valence-electron chi connectivity index (χ0n) is 10.8. The Morgan fingerprint density at radius 3 is 2.42 bits per heavy atom. The molecule has 0 saturated heterocycles. The van der Waals surface area contributed by atoms with Gasteiger partial charge in [-0.05, 0) is 41.8 Å². The first-order valence-corrected chi connectivity index (χ1v) is 7.05. The second kappa shape index (κ2) is 5.95. The molecule has 0 fully saturated rings. The number of hydrogen-bond donors (Lipinski definition) is 1. The lowest BCUT2D eigenvalue weighted by molar-refractivity contribution is 0.414. The van der Waals surface area contributed by atoms with E-state index in [-0.39, 0.29) is 6.04 Å². The number of hydrogen-bond acceptors (Lipinski definition) is 2. The molecule has 2 aromatic carbocycles. The van der Waals surface area contributed by atoms with Crippen LogP contribution in [-0.2, 0) is 0 Å². The van der Waals surface area contributed by atoms with Crippen LogP contribution in [0, 0.1) is 6.92 Å². The Morgan fingerprint density at radius 1 is 1.16 bits per heavy atom. The summed E-state index contributed by atoms with van der Waals surface area (Å²) in [5.41, 5.74) is 9.49. The minimum Gasteiger partial charge on any atom is -0.495 e. The van der Waals surface area contributed by atoms with Crippen molar-refractivity contribution < 1.29 is 4.74 Å². The Hall–Kier alpha value is -1.03. The van der Waals surface area contributed by atoms with Gasteiger partial charge in [0.2, 0.25) is 0 Å². The quantitative estimate of drug-likeness (QED) is 0.895. The van der Waals surface area contributed by atoms with Crippen LogP contribution in [0.15, 0.2) is 40.9 Å². The van der Waals surface area contributed by atoms with E-state index in [0.717, 1.165) is 21.2 Å². The first-order valence-electron chi connectivity index (χ1n) is 5.88. The third-order valence-corrected chi connectivity index (χ3v) is 4.28. The SMILES string of the molecule is COc1cc(C(N)c2ccc(Br)c(C)c2)ccc1Cl. The molecule has 2 nitrogen and oxygen atoms in total. The van der Waals surface area contributed by atoms with Crippen molar-refractivity contribution in [1.82, 2.24) is 0 Å². The molecule has 1 unspecified atom stereocenters. The van der Waals surface area contributed by atoms with Crippen molar-refractivity contribution in [3.8, 4) is 5.75 Å². The number of benzene rings is 2. The van der Waals surface area contributed by atoms with E-state index in [0.29, 0.717) is 10.8 Å². The molecule has 0 saturated carbocycles. The standard InChI is InChI=1S/C15H15BrClNO/c1-9-7-10(3-5-12(9)16)15(18)11-4-6-13(17)14(8-11)19-2/h3-8,15H,18H2,1-2H3. The first kappa shape index (κ1) is 14.4. The lowest BCUT2D eigenvalue weighted by atomic mass is 9.98. The maximum atomic E-state index is 6.29. The van der Waals surface area contributed by atoms with Gasteiger partial charge >= 0.3 is 0 Å². The van der Waals surface area contributed by atoms with Gasteiger partial charge in [-0.25, -0.2) is 0 Å². The minimum absolute atomic E-state index is 0.196. The Balaban J connectivity index is 2.37. The smallest absolute Gasteiger partial charge is 0.137 e. The Morgan fingerprint density at radius 2 is 1.79 bits per heavy atom. The summed E-state index contributed by atoms with van der Waals surface area (Å²) in [5.74, 6) is 0.642. The van der Waals surface area contributed by atoms with Gasteiger partial charge in [0.05, 0.1) is 18.2 Å². The molecule has 0 amide bonds. The molecule has 4 heteroatoms. The number of nitrogens with two attached hydrogens (primary N) is 1. The summed E-state index contributed by atoms with van der Waals surface area (Å²) >= 11 is 9.51. The largest absolute Gasteiger partial charge is 0.495 e. The van der Waals surface area contributed by atoms with Crippen molar-refractivity contribution >= 4 is 27.5 Å². The van der Waals surface area contributed by atoms with E-state index in [1.54, 1.807) is 13.2 Å². The number of methoxy groups -OCH3 is 1. The molecule has 100 valence electrons. The lowest BCUT2D eigenvalue weighted by Gasteiger charge is -2.15. The van der Waals surface area contributed by atoms with Crippen molar-refractivity contribution in [2.24, 2.45) is 5.73 Å². The van der Waals surface area contributed by atoms with Crippen LogP contribution in [0.3, 0.4) is 0 Å². The maximum Gasteiger partial charge on any atom is 0.137 e. The molecule has 0 aliphatic heterocycles.